The number of hydrogen-bond acceptors (Lipinski definition) is 15. The minimum atomic E-state index is -1.71. The molecular weight excluding hydrogens is 971 g/mol. The average Bonchev–Trinajstić information content (AvgIpc) is 4.04. The van der Waals surface area contributed by atoms with Gasteiger partial charge < -0.3 is 60.4 Å². The number of carbonyl (C=O) groups is 9. The fourth-order valence-electron chi connectivity index (χ4n) is 9.91. The topological polar surface area (TPSA) is 280 Å². The molecule has 6 N–H and O–H groups in total. The maximum Gasteiger partial charge on any atom is 0.329 e. The monoisotopic (exact) mass is 1060 g/mol. The van der Waals surface area contributed by atoms with Gasteiger partial charge in [0.1, 0.15) is 42.1 Å². The average molecular weight is 1060 g/mol. The second-order valence-corrected chi connectivity index (χ2v) is 21.9. The molecule has 0 aromatic heterocycles. The Morgan fingerprint density at radius 2 is 1.56 bits per heavy atom. The minimum Gasteiger partial charge on any atom is -0.497 e. The first-order valence-corrected chi connectivity index (χ1v) is 26.6. The molecule has 4 rings (SSSR count). The maximum absolute atomic E-state index is 14.9. The van der Waals surface area contributed by atoms with Crippen LogP contribution in [0.3, 0.4) is 0 Å². The van der Waals surface area contributed by atoms with E-state index in [1.165, 1.54) is 49.8 Å². The van der Waals surface area contributed by atoms with Crippen LogP contribution in [0, 0.1) is 29.6 Å². The molecule has 21 nitrogen and oxygen atoms in total. The van der Waals surface area contributed by atoms with Crippen molar-refractivity contribution in [3.8, 4) is 5.75 Å². The fourth-order valence-corrected chi connectivity index (χ4v) is 9.91. The van der Waals surface area contributed by atoms with Crippen molar-refractivity contribution >= 4 is 53.2 Å². The molecule has 0 unspecified atom stereocenters. The van der Waals surface area contributed by atoms with Crippen LogP contribution in [-0.4, -0.2) is 179 Å². The third kappa shape index (κ3) is 16.4. The van der Waals surface area contributed by atoms with Crippen LogP contribution in [0.2, 0.25) is 0 Å². The summed E-state index contributed by atoms with van der Waals surface area (Å²) in [5, 5.41) is 33.2. The highest BCUT2D eigenvalue weighted by atomic mass is 16.6. The summed E-state index contributed by atoms with van der Waals surface area (Å²) in [6.07, 6.45) is -4.74. The number of likely N-dealkylation sites (N-methyl/N-ethyl adjacent to an activating group) is 2. The molecule has 0 radical (unpaired) electrons. The molecule has 0 saturated carbocycles. The predicted octanol–water partition coefficient (Wildman–Crippen LogP) is 1.67. The van der Waals surface area contributed by atoms with Crippen molar-refractivity contribution in [2.24, 2.45) is 29.6 Å². The summed E-state index contributed by atoms with van der Waals surface area (Å²) in [5.74, 6) is -9.18. The van der Waals surface area contributed by atoms with Gasteiger partial charge in [0.15, 0.2) is 11.9 Å². The number of ketones is 1. The van der Waals surface area contributed by atoms with Crippen molar-refractivity contribution in [1.82, 2.24) is 36.0 Å². The highest BCUT2D eigenvalue weighted by Gasteiger charge is 2.45. The summed E-state index contributed by atoms with van der Waals surface area (Å²) in [6.45, 7) is 17.2. The third-order valence-corrected chi connectivity index (χ3v) is 14.7. The second kappa shape index (κ2) is 27.9. The lowest BCUT2D eigenvalue weighted by Gasteiger charge is -2.36. The Bertz CT molecular complexity index is 2170. The van der Waals surface area contributed by atoms with Crippen molar-refractivity contribution in [3.05, 3.63) is 29.8 Å². The molecule has 0 aliphatic carbocycles. The number of rotatable bonds is 14. The van der Waals surface area contributed by atoms with Gasteiger partial charge in [-0.2, -0.15) is 0 Å². The normalized spacial score (nSPS) is 29.1. The lowest BCUT2D eigenvalue weighted by molar-refractivity contribution is -0.163. The molecule has 3 saturated heterocycles. The van der Waals surface area contributed by atoms with E-state index in [4.69, 9.17) is 14.2 Å². The van der Waals surface area contributed by atoms with Gasteiger partial charge in [-0.3, -0.25) is 38.4 Å². The van der Waals surface area contributed by atoms with Gasteiger partial charge in [-0.25, -0.2) is 4.79 Å². The summed E-state index contributed by atoms with van der Waals surface area (Å²) >= 11 is 0. The van der Waals surface area contributed by atoms with Crippen molar-refractivity contribution in [2.45, 2.75) is 187 Å². The zero-order valence-corrected chi connectivity index (χ0v) is 46.3. The number of cyclic esters (lactones) is 2. The van der Waals surface area contributed by atoms with Crippen LogP contribution in [0.5, 0.6) is 5.75 Å². The number of esters is 2. The summed E-state index contributed by atoms with van der Waals surface area (Å²) in [4.78, 5) is 133. The number of aliphatic hydroxyl groups is 2. The SMILES string of the molecule is CC[C@H](C)[C@H]1NC(=O)[C@H](NC(=O)[C@@H](CC(C)C)N(C)C(=O)[C@@H]2C[C@@H](O)CN2)[C@@H](C)OC(=O)[C@H](Cc2ccc(OC)cc2)N(C)C(=O)[C@@H]2CCCN2C(=O)[C@H](CC(C)C)NC(=O)[C@@H](C)C(=O)[C@H](C(C)C)OC(=O)C[C@@H]1O. The third-order valence-electron chi connectivity index (χ3n) is 14.7. The minimum absolute atomic E-state index is 0.108. The number of ether oxygens (including phenoxy) is 3. The van der Waals surface area contributed by atoms with E-state index in [2.05, 4.69) is 21.3 Å². The van der Waals surface area contributed by atoms with Crippen LogP contribution in [-0.2, 0) is 59.0 Å². The van der Waals surface area contributed by atoms with Crippen LogP contribution in [0.1, 0.15) is 120 Å². The molecule has 13 atom stereocenters. The maximum atomic E-state index is 14.9. The molecule has 3 heterocycles. The number of nitrogens with zero attached hydrogens (tertiary/aromatic N) is 3. The van der Waals surface area contributed by atoms with Crippen molar-refractivity contribution in [3.63, 3.8) is 0 Å². The van der Waals surface area contributed by atoms with E-state index in [1.54, 1.807) is 52.0 Å². The lowest BCUT2D eigenvalue weighted by Crippen LogP contribution is -2.62. The van der Waals surface area contributed by atoms with Gasteiger partial charge in [0.05, 0.1) is 43.7 Å². The summed E-state index contributed by atoms with van der Waals surface area (Å²) in [7, 11) is 4.36. The number of nitrogens with one attached hydrogen (secondary N) is 4. The number of amides is 6. The number of methoxy groups -OCH3 is 1. The summed E-state index contributed by atoms with van der Waals surface area (Å²) in [6, 6.07) is -1.69. The first-order valence-electron chi connectivity index (χ1n) is 26.6. The van der Waals surface area contributed by atoms with E-state index >= 15 is 0 Å². The van der Waals surface area contributed by atoms with E-state index < -0.39 is 144 Å². The molecule has 1 aromatic carbocycles. The number of benzene rings is 1. The van der Waals surface area contributed by atoms with E-state index in [0.29, 0.717) is 24.2 Å². The largest absolute Gasteiger partial charge is 0.497 e. The van der Waals surface area contributed by atoms with Gasteiger partial charge >= 0.3 is 11.9 Å². The zero-order chi connectivity index (χ0) is 56.2. The molecule has 1 aromatic rings. The second-order valence-electron chi connectivity index (χ2n) is 21.9. The van der Waals surface area contributed by atoms with E-state index in [-0.39, 0.29) is 57.0 Å². The Labute approximate surface area is 442 Å². The number of fused-ring (bicyclic) bond motifs is 1. The fraction of sp³-hybridized carbons (Fsp3) is 0.722. The standard InChI is InChI=1S/C54H85N7O14/c1-14-31(8)44-42(63)26-43(64)75-47(30(6)7)46(65)32(9)48(66)56-38(22-28(2)3)52(70)61-21-15-16-39(61)53(71)60(12)41(24-34-17-19-36(73-13)20-18-34)54(72)74-33(10)45(50(68)57-44)58-49(67)40(23-29(4)5)59(11)51(69)37-25-35(62)27-55-37/h17-20,28-33,35,37-42,44-45,47,55,62-63H,14-16,21-27H2,1-13H3,(H,56,66)(H,57,68)(H,58,67)/t31-,32-,33+,35+,37-,38-,39-,40+,41-,42-,44+,45+,47-/m0/s1. The van der Waals surface area contributed by atoms with E-state index in [0.717, 1.165) is 0 Å². The Morgan fingerprint density at radius 1 is 0.907 bits per heavy atom. The number of carbonyl (C=O) groups excluding carboxylic acids is 9. The van der Waals surface area contributed by atoms with Gasteiger partial charge in [-0.15, -0.1) is 0 Å². The van der Waals surface area contributed by atoms with Crippen LogP contribution in [0.15, 0.2) is 24.3 Å². The predicted molar refractivity (Wildman–Crippen MR) is 276 cm³/mol. The van der Waals surface area contributed by atoms with Crippen molar-refractivity contribution < 1.29 is 67.6 Å². The van der Waals surface area contributed by atoms with Crippen LogP contribution in [0.4, 0.5) is 0 Å². The quantitative estimate of drug-likeness (QED) is 0.114. The summed E-state index contributed by atoms with van der Waals surface area (Å²) in [5.41, 5.74) is 0.588. The van der Waals surface area contributed by atoms with Crippen LogP contribution >= 0.6 is 0 Å². The number of Topliss-reactive ketones (excluding diaryl/α,β-unsaturated/α-hetero) is 1. The first-order chi connectivity index (χ1) is 35.2. The Morgan fingerprint density at radius 3 is 2.12 bits per heavy atom. The number of hydrogen-bond donors (Lipinski definition) is 6. The molecule has 21 heteroatoms. The molecule has 0 spiro atoms. The molecule has 3 fully saturated rings. The Kier molecular flexibility index (Phi) is 23.0. The highest BCUT2D eigenvalue weighted by molar-refractivity contribution is 6.05. The lowest BCUT2D eigenvalue weighted by atomic mass is 9.91. The molecule has 0 bridgehead atoms. The van der Waals surface area contributed by atoms with Crippen LogP contribution in [0.25, 0.3) is 0 Å². The van der Waals surface area contributed by atoms with Gasteiger partial charge in [0, 0.05) is 33.6 Å². The molecule has 75 heavy (non-hydrogen) atoms. The first kappa shape index (κ1) is 61.9. The number of aliphatic hydroxyl groups excluding tert-OH is 2. The Hall–Kier alpha value is -5.67. The van der Waals surface area contributed by atoms with E-state index in [9.17, 15) is 53.4 Å². The van der Waals surface area contributed by atoms with E-state index in [1.807, 2.05) is 27.7 Å². The van der Waals surface area contributed by atoms with Gasteiger partial charge in [0.2, 0.25) is 35.4 Å². The highest BCUT2D eigenvalue weighted by Crippen LogP contribution is 2.26. The van der Waals surface area contributed by atoms with Crippen LogP contribution < -0.4 is 26.0 Å². The van der Waals surface area contributed by atoms with Gasteiger partial charge in [-0.1, -0.05) is 73.9 Å². The molecule has 6 amide bonds. The zero-order valence-electron chi connectivity index (χ0n) is 46.3. The molecule has 3 aliphatic rings. The molecule has 420 valence electrons. The van der Waals surface area contributed by atoms with Crippen molar-refractivity contribution in [2.75, 3.05) is 34.3 Å². The van der Waals surface area contributed by atoms with Crippen molar-refractivity contribution in [1.29, 1.82) is 0 Å². The Balaban J connectivity index is 1.88. The van der Waals surface area contributed by atoms with Gasteiger partial charge in [0.25, 0.3) is 0 Å². The molecule has 3 aliphatic heterocycles. The summed E-state index contributed by atoms with van der Waals surface area (Å²) < 4.78 is 17.2. The molecular formula is C54H85N7O14. The smallest absolute Gasteiger partial charge is 0.329 e. The van der Waals surface area contributed by atoms with Gasteiger partial charge in [-0.05, 0) is 87.3 Å². The number of β-amino-alcohol motifs (C(OH)–C–C–N with tert-alkyl or cyclic N) is 1.